The summed E-state index contributed by atoms with van der Waals surface area (Å²) in [6.45, 7) is 5.74. The lowest BCUT2D eigenvalue weighted by Gasteiger charge is -2.18. The zero-order chi connectivity index (χ0) is 20.3. The molecule has 29 heavy (non-hydrogen) atoms. The summed E-state index contributed by atoms with van der Waals surface area (Å²) in [7, 11) is 0. The molecule has 0 fully saturated rings. The number of ether oxygens (including phenoxy) is 1. The Balaban J connectivity index is 1.32. The summed E-state index contributed by atoms with van der Waals surface area (Å²) in [5.41, 5.74) is 4.85. The molecule has 4 rings (SSSR count). The summed E-state index contributed by atoms with van der Waals surface area (Å²) >= 11 is 0. The van der Waals surface area contributed by atoms with Crippen molar-refractivity contribution < 1.29 is 9.53 Å². The monoisotopic (exact) mass is 387 g/mol. The number of nitrogens with one attached hydrogen (secondary N) is 2. The second-order valence-electron chi connectivity index (χ2n) is 7.93. The number of nitrogens with zero attached hydrogens (tertiary/aromatic N) is 1. The number of aromatic nitrogens is 1. The number of benzene rings is 2. The SMILES string of the molecule is CC1(C)Cc2cccc(CNCc3ccc(NC(=O)c4ccncc4)cc3)c2O1. The maximum absolute atomic E-state index is 12.2. The summed E-state index contributed by atoms with van der Waals surface area (Å²) in [6, 6.07) is 17.6. The average Bonchev–Trinajstić information content (AvgIpc) is 3.04. The number of pyridine rings is 1. The van der Waals surface area contributed by atoms with Gasteiger partial charge in [-0.05, 0) is 49.2 Å². The molecule has 5 heteroatoms. The van der Waals surface area contributed by atoms with Gasteiger partial charge in [0.1, 0.15) is 11.4 Å². The molecule has 0 atom stereocenters. The summed E-state index contributed by atoms with van der Waals surface area (Å²) in [5.74, 6) is 0.887. The fourth-order valence-electron chi connectivity index (χ4n) is 3.57. The van der Waals surface area contributed by atoms with E-state index >= 15 is 0 Å². The van der Waals surface area contributed by atoms with Crippen LogP contribution in [0.1, 0.15) is 40.9 Å². The topological polar surface area (TPSA) is 63.2 Å². The van der Waals surface area contributed by atoms with E-state index in [0.717, 1.165) is 36.5 Å². The van der Waals surface area contributed by atoms with Crippen LogP contribution in [-0.4, -0.2) is 16.5 Å². The third-order valence-corrected chi connectivity index (χ3v) is 4.97. The smallest absolute Gasteiger partial charge is 0.255 e. The summed E-state index contributed by atoms with van der Waals surface area (Å²) in [4.78, 5) is 16.1. The Morgan fingerprint density at radius 3 is 2.55 bits per heavy atom. The van der Waals surface area contributed by atoms with E-state index in [9.17, 15) is 4.79 Å². The van der Waals surface area contributed by atoms with E-state index in [4.69, 9.17) is 4.74 Å². The van der Waals surface area contributed by atoms with Crippen molar-refractivity contribution >= 4 is 11.6 Å². The quantitative estimate of drug-likeness (QED) is 0.661. The molecule has 0 radical (unpaired) electrons. The molecule has 1 aliphatic heterocycles. The van der Waals surface area contributed by atoms with E-state index in [2.05, 4.69) is 47.7 Å². The van der Waals surface area contributed by atoms with Crippen LogP contribution in [0.4, 0.5) is 5.69 Å². The lowest BCUT2D eigenvalue weighted by molar-refractivity contribution is 0.102. The molecule has 0 saturated carbocycles. The van der Waals surface area contributed by atoms with E-state index < -0.39 is 0 Å². The number of para-hydroxylation sites is 1. The second-order valence-corrected chi connectivity index (χ2v) is 7.93. The predicted octanol–water partition coefficient (Wildman–Crippen LogP) is 4.34. The molecule has 1 amide bonds. The Kier molecular flexibility index (Phi) is 5.32. The van der Waals surface area contributed by atoms with Crippen LogP contribution in [-0.2, 0) is 19.5 Å². The van der Waals surface area contributed by atoms with E-state index in [1.54, 1.807) is 24.5 Å². The van der Waals surface area contributed by atoms with Crippen LogP contribution in [0.25, 0.3) is 0 Å². The Labute approximate surface area is 171 Å². The molecule has 0 bridgehead atoms. The van der Waals surface area contributed by atoms with Crippen molar-refractivity contribution in [3.05, 3.63) is 89.2 Å². The molecule has 5 nitrogen and oxygen atoms in total. The highest BCUT2D eigenvalue weighted by atomic mass is 16.5. The van der Waals surface area contributed by atoms with Gasteiger partial charge in [-0.15, -0.1) is 0 Å². The molecule has 1 aliphatic rings. The van der Waals surface area contributed by atoms with Gasteiger partial charge in [0.15, 0.2) is 0 Å². The number of hydrogen-bond donors (Lipinski definition) is 2. The minimum atomic E-state index is -0.140. The van der Waals surface area contributed by atoms with Gasteiger partial charge < -0.3 is 15.4 Å². The van der Waals surface area contributed by atoms with Crippen molar-refractivity contribution in [1.29, 1.82) is 0 Å². The zero-order valence-electron chi connectivity index (χ0n) is 16.7. The number of hydrogen-bond acceptors (Lipinski definition) is 4. The molecular weight excluding hydrogens is 362 g/mol. The molecule has 0 saturated heterocycles. The highest BCUT2D eigenvalue weighted by molar-refractivity contribution is 6.04. The van der Waals surface area contributed by atoms with Crippen LogP contribution >= 0.6 is 0 Å². The number of fused-ring (bicyclic) bond motifs is 1. The maximum atomic E-state index is 12.2. The summed E-state index contributed by atoms with van der Waals surface area (Å²) in [5, 5.41) is 6.39. The molecule has 1 aromatic heterocycles. The van der Waals surface area contributed by atoms with E-state index in [1.807, 2.05) is 24.3 Å². The Morgan fingerprint density at radius 2 is 1.79 bits per heavy atom. The average molecular weight is 387 g/mol. The number of anilines is 1. The zero-order valence-corrected chi connectivity index (χ0v) is 16.7. The molecule has 3 aromatic rings. The number of amides is 1. The number of carbonyl (C=O) groups excluding carboxylic acids is 1. The van der Waals surface area contributed by atoms with Gasteiger partial charge >= 0.3 is 0 Å². The first-order chi connectivity index (χ1) is 14.0. The van der Waals surface area contributed by atoms with Crippen molar-refractivity contribution in [2.24, 2.45) is 0 Å². The van der Waals surface area contributed by atoms with Gasteiger partial charge in [0.25, 0.3) is 5.91 Å². The molecular formula is C24H25N3O2. The number of rotatable bonds is 6. The molecule has 0 unspecified atom stereocenters. The van der Waals surface area contributed by atoms with Gasteiger partial charge in [0.05, 0.1) is 0 Å². The Bertz CT molecular complexity index is 998. The highest BCUT2D eigenvalue weighted by Crippen LogP contribution is 2.37. The molecule has 2 aromatic carbocycles. The molecule has 148 valence electrons. The standard InChI is InChI=1S/C24H25N3O2/c1-24(2)14-19-4-3-5-20(22(19)29-24)16-26-15-17-6-8-21(9-7-17)27-23(28)18-10-12-25-13-11-18/h3-13,26H,14-16H2,1-2H3,(H,27,28). The van der Waals surface area contributed by atoms with E-state index in [1.165, 1.54) is 11.1 Å². The molecule has 0 aliphatic carbocycles. The van der Waals surface area contributed by atoms with E-state index in [-0.39, 0.29) is 11.5 Å². The van der Waals surface area contributed by atoms with Crippen LogP contribution in [0.2, 0.25) is 0 Å². The van der Waals surface area contributed by atoms with Crippen molar-refractivity contribution in [1.82, 2.24) is 10.3 Å². The largest absolute Gasteiger partial charge is 0.487 e. The second kappa shape index (κ2) is 8.05. The first-order valence-electron chi connectivity index (χ1n) is 9.81. The van der Waals surface area contributed by atoms with Gasteiger partial charge in [0.2, 0.25) is 0 Å². The van der Waals surface area contributed by atoms with Crippen molar-refractivity contribution in [3.8, 4) is 5.75 Å². The van der Waals surface area contributed by atoms with Crippen molar-refractivity contribution in [2.45, 2.75) is 39.0 Å². The van der Waals surface area contributed by atoms with Crippen LogP contribution < -0.4 is 15.4 Å². The molecule has 2 heterocycles. The summed E-state index contributed by atoms with van der Waals surface area (Å²) < 4.78 is 6.13. The van der Waals surface area contributed by atoms with Gasteiger partial charge in [-0.2, -0.15) is 0 Å². The maximum Gasteiger partial charge on any atom is 0.255 e. The Hall–Kier alpha value is -3.18. The summed E-state index contributed by atoms with van der Waals surface area (Å²) in [6.07, 6.45) is 4.17. The van der Waals surface area contributed by atoms with Crippen LogP contribution in [0.5, 0.6) is 5.75 Å². The minimum Gasteiger partial charge on any atom is -0.487 e. The third-order valence-electron chi connectivity index (χ3n) is 4.97. The number of carbonyl (C=O) groups is 1. The van der Waals surface area contributed by atoms with Crippen molar-refractivity contribution in [3.63, 3.8) is 0 Å². The van der Waals surface area contributed by atoms with Gasteiger partial charge in [-0.1, -0.05) is 30.3 Å². The lowest BCUT2D eigenvalue weighted by Crippen LogP contribution is -2.25. The highest BCUT2D eigenvalue weighted by Gasteiger charge is 2.31. The Morgan fingerprint density at radius 1 is 1.03 bits per heavy atom. The van der Waals surface area contributed by atoms with E-state index in [0.29, 0.717) is 5.56 Å². The lowest BCUT2D eigenvalue weighted by atomic mass is 10.0. The molecule has 2 N–H and O–H groups in total. The predicted molar refractivity (Wildman–Crippen MR) is 114 cm³/mol. The van der Waals surface area contributed by atoms with Crippen LogP contribution in [0, 0.1) is 0 Å². The molecule has 0 spiro atoms. The first kappa shape index (κ1) is 19.2. The third kappa shape index (κ3) is 4.63. The van der Waals surface area contributed by atoms with Crippen LogP contribution in [0.3, 0.4) is 0 Å². The fourth-order valence-corrected chi connectivity index (χ4v) is 3.57. The normalized spacial score (nSPS) is 14.1. The van der Waals surface area contributed by atoms with Crippen LogP contribution in [0.15, 0.2) is 67.0 Å². The van der Waals surface area contributed by atoms with Gasteiger partial charge in [-0.25, -0.2) is 0 Å². The first-order valence-corrected chi connectivity index (χ1v) is 9.81. The van der Waals surface area contributed by atoms with Gasteiger partial charge in [-0.3, -0.25) is 9.78 Å². The fraction of sp³-hybridized carbons (Fsp3) is 0.250. The van der Waals surface area contributed by atoms with Gasteiger partial charge in [0, 0.05) is 48.7 Å². The van der Waals surface area contributed by atoms with Crippen molar-refractivity contribution in [2.75, 3.05) is 5.32 Å². The minimum absolute atomic E-state index is 0.130.